The number of anilines is 1. The van der Waals surface area contributed by atoms with Crippen LogP contribution in [-0.4, -0.2) is 42.6 Å². The Morgan fingerprint density at radius 3 is 3.12 bits per heavy atom. The van der Waals surface area contributed by atoms with Gasteiger partial charge in [-0.2, -0.15) is 0 Å². The Bertz CT molecular complexity index is 445. The van der Waals surface area contributed by atoms with Gasteiger partial charge in [-0.25, -0.2) is 4.98 Å². The van der Waals surface area contributed by atoms with Gasteiger partial charge in [0.05, 0.1) is 13.2 Å². The predicted molar refractivity (Wildman–Crippen MR) is 63.1 cm³/mol. The third kappa shape index (κ3) is 2.03. The Morgan fingerprint density at radius 1 is 1.59 bits per heavy atom. The van der Waals surface area contributed by atoms with Crippen molar-refractivity contribution in [3.05, 3.63) is 23.9 Å². The van der Waals surface area contributed by atoms with Crippen LogP contribution >= 0.6 is 0 Å². The topological polar surface area (TPSA) is 71.8 Å². The van der Waals surface area contributed by atoms with Gasteiger partial charge in [0.2, 0.25) is 0 Å². The highest BCUT2D eigenvalue weighted by Gasteiger charge is 2.50. The highest BCUT2D eigenvalue weighted by molar-refractivity contribution is 5.72. The number of hydrogen-bond donors (Lipinski definition) is 1. The lowest BCUT2D eigenvalue weighted by molar-refractivity contribution is 0.111. The standard InChI is InChI=1S/C12H15N3O2/c13-9-4-12(8-17-12)7-15(5-9)11-3-1-2-10(6-16)14-11/h1-3,6,9H,4-5,7-8,13H2. The summed E-state index contributed by atoms with van der Waals surface area (Å²) in [5, 5.41) is 0. The first-order valence-electron chi connectivity index (χ1n) is 5.77. The summed E-state index contributed by atoms with van der Waals surface area (Å²) < 4.78 is 5.50. The van der Waals surface area contributed by atoms with Crippen LogP contribution in [0.2, 0.25) is 0 Å². The van der Waals surface area contributed by atoms with Crippen LogP contribution in [0, 0.1) is 0 Å². The van der Waals surface area contributed by atoms with Gasteiger partial charge in [0.25, 0.3) is 0 Å². The molecule has 0 bridgehead atoms. The van der Waals surface area contributed by atoms with Crippen molar-refractivity contribution in [2.24, 2.45) is 5.73 Å². The highest BCUT2D eigenvalue weighted by Crippen LogP contribution is 2.37. The van der Waals surface area contributed by atoms with E-state index in [2.05, 4.69) is 9.88 Å². The smallest absolute Gasteiger partial charge is 0.168 e. The number of nitrogens with zero attached hydrogens (tertiary/aromatic N) is 2. The van der Waals surface area contributed by atoms with Crippen molar-refractivity contribution in [1.82, 2.24) is 4.98 Å². The summed E-state index contributed by atoms with van der Waals surface area (Å²) in [6.07, 6.45) is 1.67. The molecule has 0 saturated carbocycles. The first-order chi connectivity index (χ1) is 8.21. The molecule has 3 rings (SSSR count). The molecule has 2 N–H and O–H groups in total. The molecular weight excluding hydrogens is 218 g/mol. The summed E-state index contributed by atoms with van der Waals surface area (Å²) in [5.74, 6) is 0.805. The largest absolute Gasteiger partial charge is 0.368 e. The van der Waals surface area contributed by atoms with Crippen molar-refractivity contribution < 1.29 is 9.53 Å². The third-order valence-corrected chi connectivity index (χ3v) is 3.32. The van der Waals surface area contributed by atoms with Gasteiger partial charge >= 0.3 is 0 Å². The van der Waals surface area contributed by atoms with E-state index in [1.54, 1.807) is 6.07 Å². The number of carbonyl (C=O) groups excluding carboxylic acids is 1. The van der Waals surface area contributed by atoms with E-state index in [0.29, 0.717) is 5.69 Å². The molecule has 5 heteroatoms. The van der Waals surface area contributed by atoms with Crippen molar-refractivity contribution in [3.8, 4) is 0 Å². The summed E-state index contributed by atoms with van der Waals surface area (Å²) in [7, 11) is 0. The van der Waals surface area contributed by atoms with Crippen LogP contribution in [0.3, 0.4) is 0 Å². The summed E-state index contributed by atoms with van der Waals surface area (Å²) in [6.45, 7) is 2.36. The first kappa shape index (κ1) is 10.7. The predicted octanol–water partition coefficient (Wildman–Crippen LogP) is 0.200. The Kier molecular flexibility index (Phi) is 2.38. The van der Waals surface area contributed by atoms with Gasteiger partial charge in [0.1, 0.15) is 17.1 Å². The minimum Gasteiger partial charge on any atom is -0.368 e. The number of piperidine rings is 1. The lowest BCUT2D eigenvalue weighted by Gasteiger charge is -2.35. The summed E-state index contributed by atoms with van der Waals surface area (Å²) >= 11 is 0. The number of aromatic nitrogens is 1. The molecule has 0 aliphatic carbocycles. The van der Waals surface area contributed by atoms with Crippen LogP contribution in [0.15, 0.2) is 18.2 Å². The lowest BCUT2D eigenvalue weighted by Crippen LogP contribution is -2.51. The molecule has 2 aliphatic heterocycles. The van der Waals surface area contributed by atoms with E-state index in [4.69, 9.17) is 10.5 Å². The molecule has 2 aliphatic rings. The summed E-state index contributed by atoms with van der Waals surface area (Å²) in [5.41, 5.74) is 6.42. The molecule has 1 aromatic rings. The van der Waals surface area contributed by atoms with Crippen LogP contribution < -0.4 is 10.6 Å². The average Bonchev–Trinajstić information content (AvgIpc) is 3.07. The minimum absolute atomic E-state index is 0.0590. The van der Waals surface area contributed by atoms with Crippen LogP contribution in [0.5, 0.6) is 0 Å². The normalized spacial score (nSPS) is 31.6. The average molecular weight is 233 g/mol. The number of ether oxygens (including phenoxy) is 1. The second-order valence-corrected chi connectivity index (χ2v) is 4.85. The Hall–Kier alpha value is -1.46. The molecule has 2 saturated heterocycles. The molecule has 2 fully saturated rings. The second kappa shape index (κ2) is 3.78. The van der Waals surface area contributed by atoms with Crippen molar-refractivity contribution in [2.45, 2.75) is 18.1 Å². The maximum Gasteiger partial charge on any atom is 0.168 e. The van der Waals surface area contributed by atoms with Crippen molar-refractivity contribution >= 4 is 12.1 Å². The van der Waals surface area contributed by atoms with E-state index < -0.39 is 0 Å². The summed E-state index contributed by atoms with van der Waals surface area (Å²) in [6, 6.07) is 5.55. The van der Waals surface area contributed by atoms with E-state index in [-0.39, 0.29) is 11.6 Å². The maximum absolute atomic E-state index is 10.7. The molecule has 2 atom stereocenters. The Morgan fingerprint density at radius 2 is 2.41 bits per heavy atom. The second-order valence-electron chi connectivity index (χ2n) is 4.85. The third-order valence-electron chi connectivity index (χ3n) is 3.32. The van der Waals surface area contributed by atoms with Gasteiger partial charge < -0.3 is 15.4 Å². The number of hydrogen-bond acceptors (Lipinski definition) is 5. The Balaban J connectivity index is 1.84. The monoisotopic (exact) mass is 233 g/mol. The number of pyridine rings is 1. The molecule has 1 aromatic heterocycles. The molecule has 3 heterocycles. The minimum atomic E-state index is -0.0590. The zero-order valence-corrected chi connectivity index (χ0v) is 9.50. The van der Waals surface area contributed by atoms with Crippen molar-refractivity contribution in [2.75, 3.05) is 24.6 Å². The van der Waals surface area contributed by atoms with Gasteiger partial charge in [0, 0.05) is 12.6 Å². The van der Waals surface area contributed by atoms with Crippen molar-refractivity contribution in [1.29, 1.82) is 0 Å². The van der Waals surface area contributed by atoms with Gasteiger partial charge in [-0.05, 0) is 18.6 Å². The first-order valence-corrected chi connectivity index (χ1v) is 5.77. The fourth-order valence-electron chi connectivity index (χ4n) is 2.47. The highest BCUT2D eigenvalue weighted by atomic mass is 16.6. The molecule has 1 spiro atoms. The van der Waals surface area contributed by atoms with Crippen LogP contribution in [0.1, 0.15) is 16.9 Å². The zero-order chi connectivity index (χ0) is 11.9. The number of carbonyl (C=O) groups is 1. The quantitative estimate of drug-likeness (QED) is 0.583. The Labute approximate surface area is 99.6 Å². The lowest BCUT2D eigenvalue weighted by atomic mass is 9.95. The van der Waals surface area contributed by atoms with E-state index in [1.165, 1.54) is 0 Å². The molecule has 0 radical (unpaired) electrons. The molecule has 0 amide bonds. The van der Waals surface area contributed by atoms with Crippen molar-refractivity contribution in [3.63, 3.8) is 0 Å². The molecule has 90 valence electrons. The molecule has 2 unspecified atom stereocenters. The molecule has 17 heavy (non-hydrogen) atoms. The summed E-state index contributed by atoms with van der Waals surface area (Å²) in [4.78, 5) is 17.1. The van der Waals surface area contributed by atoms with E-state index >= 15 is 0 Å². The molecule has 0 aromatic carbocycles. The van der Waals surface area contributed by atoms with E-state index in [0.717, 1.165) is 38.2 Å². The van der Waals surface area contributed by atoms with Crippen LogP contribution in [0.25, 0.3) is 0 Å². The van der Waals surface area contributed by atoms with Gasteiger partial charge in [0.15, 0.2) is 6.29 Å². The van der Waals surface area contributed by atoms with Gasteiger partial charge in [-0.15, -0.1) is 0 Å². The maximum atomic E-state index is 10.7. The molecule has 5 nitrogen and oxygen atoms in total. The van der Waals surface area contributed by atoms with Gasteiger partial charge in [-0.3, -0.25) is 4.79 Å². The number of nitrogens with two attached hydrogens (primary N) is 1. The zero-order valence-electron chi connectivity index (χ0n) is 9.50. The molecular formula is C12H15N3O2. The fraction of sp³-hybridized carbons (Fsp3) is 0.500. The van der Waals surface area contributed by atoms with Crippen LogP contribution in [-0.2, 0) is 4.74 Å². The number of rotatable bonds is 2. The van der Waals surface area contributed by atoms with E-state index in [1.807, 2.05) is 12.1 Å². The van der Waals surface area contributed by atoms with Gasteiger partial charge in [-0.1, -0.05) is 6.07 Å². The van der Waals surface area contributed by atoms with E-state index in [9.17, 15) is 4.79 Å². The number of epoxide rings is 1. The fourth-order valence-corrected chi connectivity index (χ4v) is 2.47. The SMILES string of the molecule is NC1CN(c2cccc(C=O)n2)CC2(CO2)C1. The number of aldehydes is 1. The van der Waals surface area contributed by atoms with Crippen LogP contribution in [0.4, 0.5) is 5.82 Å².